The third kappa shape index (κ3) is 3.50. The number of para-hydroxylation sites is 2. The lowest BCUT2D eigenvalue weighted by molar-refractivity contribution is -0.127. The average Bonchev–Trinajstić information content (AvgIpc) is 3.24. The lowest BCUT2D eigenvalue weighted by Crippen LogP contribution is -2.38. The van der Waals surface area contributed by atoms with Crippen molar-refractivity contribution in [2.45, 2.75) is 18.6 Å². The van der Waals surface area contributed by atoms with Crippen molar-refractivity contribution < 1.29 is 9.53 Å². The molecule has 0 bridgehead atoms. The molecular weight excluding hydrogens is 392 g/mol. The summed E-state index contributed by atoms with van der Waals surface area (Å²) < 4.78 is 6.06. The Hall–Kier alpha value is -3.05. The van der Waals surface area contributed by atoms with Crippen LogP contribution in [0.3, 0.4) is 0 Å². The number of nitrogens with zero attached hydrogens (tertiary/aromatic N) is 2. The molecule has 3 aromatic rings. The average molecular weight is 415 g/mol. The summed E-state index contributed by atoms with van der Waals surface area (Å²) >= 11 is 1.63. The van der Waals surface area contributed by atoms with Crippen LogP contribution in [0.2, 0.25) is 0 Å². The molecule has 1 amide bonds. The van der Waals surface area contributed by atoms with Gasteiger partial charge in [0, 0.05) is 23.4 Å². The lowest BCUT2D eigenvalue weighted by Gasteiger charge is -2.30. The van der Waals surface area contributed by atoms with E-state index in [-0.39, 0.29) is 11.8 Å². The highest BCUT2D eigenvalue weighted by Crippen LogP contribution is 2.45. The van der Waals surface area contributed by atoms with Gasteiger partial charge in [0.15, 0.2) is 5.17 Å². The number of hydrogen-bond donors (Lipinski definition) is 0. The van der Waals surface area contributed by atoms with E-state index in [9.17, 15) is 4.79 Å². The van der Waals surface area contributed by atoms with Crippen LogP contribution in [-0.4, -0.2) is 29.1 Å². The molecule has 0 unspecified atom stereocenters. The minimum Gasteiger partial charge on any atom is -0.457 e. The highest BCUT2D eigenvalue weighted by molar-refractivity contribution is 8.13. The molecule has 0 saturated carbocycles. The molecule has 0 atom stereocenters. The van der Waals surface area contributed by atoms with E-state index in [0.29, 0.717) is 13.1 Å². The number of benzene rings is 3. The zero-order valence-electron chi connectivity index (χ0n) is 16.7. The highest BCUT2D eigenvalue weighted by atomic mass is 32.2. The Labute approximate surface area is 180 Å². The first-order valence-corrected chi connectivity index (χ1v) is 11.1. The van der Waals surface area contributed by atoms with Gasteiger partial charge in [-0.3, -0.25) is 14.7 Å². The van der Waals surface area contributed by atoms with E-state index in [2.05, 4.69) is 36.2 Å². The topological polar surface area (TPSA) is 41.9 Å². The predicted molar refractivity (Wildman–Crippen MR) is 121 cm³/mol. The fourth-order valence-corrected chi connectivity index (χ4v) is 5.03. The molecule has 0 saturated heterocycles. The standard InChI is InChI=1S/C25H22N2O2S/c1-17-7-6-8-18(15-17)16-30-25-26-13-14-27(25)24(28)23-19-9-2-4-11-21(19)29-22-12-5-3-10-20(22)23/h2-12,15,23H,13-14,16H2,1H3. The third-order valence-corrected chi connectivity index (χ3v) is 6.53. The molecule has 0 radical (unpaired) electrons. The van der Waals surface area contributed by atoms with Gasteiger partial charge < -0.3 is 4.74 Å². The zero-order chi connectivity index (χ0) is 20.5. The van der Waals surface area contributed by atoms with Crippen LogP contribution < -0.4 is 4.74 Å². The van der Waals surface area contributed by atoms with Gasteiger partial charge in [0.2, 0.25) is 5.91 Å². The third-order valence-electron chi connectivity index (χ3n) is 5.44. The van der Waals surface area contributed by atoms with E-state index in [0.717, 1.165) is 33.5 Å². The van der Waals surface area contributed by atoms with Gasteiger partial charge in [0.1, 0.15) is 11.5 Å². The Balaban J connectivity index is 1.42. The first-order valence-electron chi connectivity index (χ1n) is 10.1. The molecule has 0 N–H and O–H groups in total. The van der Waals surface area contributed by atoms with Gasteiger partial charge in [0.25, 0.3) is 0 Å². The molecule has 2 aliphatic heterocycles. The van der Waals surface area contributed by atoms with Gasteiger partial charge in [-0.15, -0.1) is 0 Å². The molecule has 4 nitrogen and oxygen atoms in total. The van der Waals surface area contributed by atoms with Crippen molar-refractivity contribution in [2.24, 2.45) is 4.99 Å². The molecule has 3 aromatic carbocycles. The second-order valence-corrected chi connectivity index (χ2v) is 8.49. The number of thioether (sulfide) groups is 1. The van der Waals surface area contributed by atoms with Crippen molar-refractivity contribution >= 4 is 22.8 Å². The SMILES string of the molecule is Cc1cccc(CSC2=NCCN2C(=O)C2c3ccccc3Oc3ccccc32)c1. The summed E-state index contributed by atoms with van der Waals surface area (Å²) in [6, 6.07) is 24.1. The number of rotatable bonds is 3. The molecule has 2 heterocycles. The van der Waals surface area contributed by atoms with Crippen LogP contribution in [0.1, 0.15) is 28.2 Å². The van der Waals surface area contributed by atoms with Crippen molar-refractivity contribution in [1.82, 2.24) is 4.90 Å². The van der Waals surface area contributed by atoms with E-state index in [1.807, 2.05) is 53.4 Å². The number of ether oxygens (including phenoxy) is 1. The molecule has 0 aliphatic carbocycles. The van der Waals surface area contributed by atoms with E-state index in [1.165, 1.54) is 11.1 Å². The lowest BCUT2D eigenvalue weighted by atomic mass is 9.87. The highest BCUT2D eigenvalue weighted by Gasteiger charge is 2.37. The van der Waals surface area contributed by atoms with Crippen LogP contribution in [0, 0.1) is 6.92 Å². The van der Waals surface area contributed by atoms with Gasteiger partial charge in [-0.1, -0.05) is 78.0 Å². The van der Waals surface area contributed by atoms with Crippen molar-refractivity contribution in [2.75, 3.05) is 13.1 Å². The summed E-state index contributed by atoms with van der Waals surface area (Å²) in [5, 5.41) is 0.808. The van der Waals surface area contributed by atoms with Gasteiger partial charge >= 0.3 is 0 Å². The van der Waals surface area contributed by atoms with Crippen molar-refractivity contribution in [3.63, 3.8) is 0 Å². The van der Waals surface area contributed by atoms with Gasteiger partial charge in [-0.2, -0.15) is 0 Å². The Bertz CT molecular complexity index is 1100. The molecule has 5 rings (SSSR count). The summed E-state index contributed by atoms with van der Waals surface area (Å²) in [7, 11) is 0. The number of carbonyl (C=O) groups is 1. The Morgan fingerprint density at radius 2 is 1.73 bits per heavy atom. The molecule has 30 heavy (non-hydrogen) atoms. The van der Waals surface area contributed by atoms with E-state index in [4.69, 9.17) is 4.74 Å². The molecule has 2 aliphatic rings. The maximum atomic E-state index is 13.8. The first kappa shape index (κ1) is 18.9. The van der Waals surface area contributed by atoms with Crippen molar-refractivity contribution in [3.05, 3.63) is 95.1 Å². The van der Waals surface area contributed by atoms with Gasteiger partial charge in [0.05, 0.1) is 12.5 Å². The number of carbonyl (C=O) groups excluding carboxylic acids is 1. The maximum Gasteiger partial charge on any atom is 0.240 e. The van der Waals surface area contributed by atoms with Crippen LogP contribution in [0.15, 0.2) is 77.8 Å². The summed E-state index contributed by atoms with van der Waals surface area (Å²) in [5.74, 6) is 1.98. The quantitative estimate of drug-likeness (QED) is 0.579. The number of amides is 1. The zero-order valence-corrected chi connectivity index (χ0v) is 17.6. The fraction of sp³-hybridized carbons (Fsp3) is 0.200. The second-order valence-electron chi connectivity index (χ2n) is 7.54. The number of aryl methyl sites for hydroxylation is 1. The molecular formula is C25H22N2O2S. The van der Waals surface area contributed by atoms with Gasteiger partial charge in [-0.25, -0.2) is 0 Å². The number of fused-ring (bicyclic) bond motifs is 2. The Kier molecular flexibility index (Phi) is 5.05. The minimum absolute atomic E-state index is 0.0613. The van der Waals surface area contributed by atoms with Crippen molar-refractivity contribution in [3.8, 4) is 11.5 Å². The fourth-order valence-electron chi connectivity index (χ4n) is 4.04. The van der Waals surface area contributed by atoms with Crippen LogP contribution in [-0.2, 0) is 10.5 Å². The summed E-state index contributed by atoms with van der Waals surface area (Å²) in [6.07, 6.45) is 0. The second kappa shape index (κ2) is 8.00. The number of hydrogen-bond acceptors (Lipinski definition) is 4. The van der Waals surface area contributed by atoms with Crippen LogP contribution in [0.4, 0.5) is 0 Å². The smallest absolute Gasteiger partial charge is 0.240 e. The Morgan fingerprint density at radius 3 is 2.43 bits per heavy atom. The monoisotopic (exact) mass is 414 g/mol. The summed E-state index contributed by atoms with van der Waals surface area (Å²) in [5.41, 5.74) is 4.31. The summed E-state index contributed by atoms with van der Waals surface area (Å²) in [6.45, 7) is 3.36. The molecule has 150 valence electrons. The molecule has 0 fully saturated rings. The largest absolute Gasteiger partial charge is 0.457 e. The minimum atomic E-state index is -0.381. The van der Waals surface area contributed by atoms with Gasteiger partial charge in [-0.05, 0) is 24.6 Å². The maximum absolute atomic E-state index is 13.8. The van der Waals surface area contributed by atoms with Crippen LogP contribution in [0.25, 0.3) is 0 Å². The normalized spacial score (nSPS) is 15.2. The molecule has 0 aromatic heterocycles. The van der Waals surface area contributed by atoms with E-state index in [1.54, 1.807) is 11.8 Å². The van der Waals surface area contributed by atoms with Crippen molar-refractivity contribution in [1.29, 1.82) is 0 Å². The molecule has 0 spiro atoms. The van der Waals surface area contributed by atoms with E-state index < -0.39 is 0 Å². The van der Waals surface area contributed by atoms with Crippen LogP contribution in [0.5, 0.6) is 11.5 Å². The van der Waals surface area contributed by atoms with E-state index >= 15 is 0 Å². The molecule has 5 heteroatoms. The number of aliphatic imine (C=N–C) groups is 1. The van der Waals surface area contributed by atoms with Crippen LogP contribution >= 0.6 is 11.8 Å². The number of amidine groups is 1. The Morgan fingerprint density at radius 1 is 1.03 bits per heavy atom. The summed E-state index contributed by atoms with van der Waals surface area (Å²) in [4.78, 5) is 20.3. The first-order chi connectivity index (χ1) is 14.7. The predicted octanol–water partition coefficient (Wildman–Crippen LogP) is 5.36.